The number of rotatable bonds is 9. The third kappa shape index (κ3) is 5.66. The quantitative estimate of drug-likeness (QED) is 0.307. The minimum Gasteiger partial charge on any atom is -0.351 e. The molecule has 0 radical (unpaired) electrons. The highest BCUT2D eigenvalue weighted by Crippen LogP contribution is 2.28. The van der Waals surface area contributed by atoms with E-state index in [-0.39, 0.29) is 17.5 Å². The number of carbonyl (C=O) groups excluding carboxylic acids is 1. The van der Waals surface area contributed by atoms with Crippen LogP contribution in [0.2, 0.25) is 0 Å². The fourth-order valence-corrected chi connectivity index (χ4v) is 4.46. The Labute approximate surface area is 211 Å². The van der Waals surface area contributed by atoms with Gasteiger partial charge in [0.05, 0.1) is 12.3 Å². The van der Waals surface area contributed by atoms with E-state index in [1.807, 2.05) is 59.2 Å². The van der Waals surface area contributed by atoms with Crippen LogP contribution in [0.15, 0.2) is 96.7 Å². The standard InChI is InChI=1S/C26H22FN7OS/c27-22-11-9-21(10-12-22)25-31-32-26(34(25)23-7-2-1-3-8-23)36-16-24(35)29-14-19-5-4-6-20(13-19)15-33-18-28-17-30-33/h1-13,17-18H,14-16H2,(H,29,35). The van der Waals surface area contributed by atoms with Crippen molar-refractivity contribution in [2.24, 2.45) is 0 Å². The number of para-hydroxylation sites is 1. The van der Waals surface area contributed by atoms with Gasteiger partial charge in [-0.05, 0) is 47.5 Å². The summed E-state index contributed by atoms with van der Waals surface area (Å²) in [5.41, 5.74) is 3.66. The van der Waals surface area contributed by atoms with Gasteiger partial charge in [-0.2, -0.15) is 5.10 Å². The van der Waals surface area contributed by atoms with E-state index >= 15 is 0 Å². The number of halogens is 1. The maximum atomic E-state index is 13.4. The molecule has 1 amide bonds. The molecule has 3 aromatic carbocycles. The normalized spacial score (nSPS) is 10.9. The second-order valence-corrected chi connectivity index (χ2v) is 8.90. The molecule has 0 aliphatic heterocycles. The Morgan fingerprint density at radius 3 is 2.53 bits per heavy atom. The van der Waals surface area contributed by atoms with E-state index < -0.39 is 0 Å². The molecule has 0 bridgehead atoms. The van der Waals surface area contributed by atoms with Gasteiger partial charge in [-0.3, -0.25) is 9.36 Å². The van der Waals surface area contributed by atoms with Crippen LogP contribution in [0.1, 0.15) is 11.1 Å². The summed E-state index contributed by atoms with van der Waals surface area (Å²) < 4.78 is 17.1. The Kier molecular flexibility index (Phi) is 7.13. The molecule has 36 heavy (non-hydrogen) atoms. The van der Waals surface area contributed by atoms with Crippen molar-refractivity contribution in [3.8, 4) is 17.1 Å². The highest BCUT2D eigenvalue weighted by molar-refractivity contribution is 7.99. The van der Waals surface area contributed by atoms with Gasteiger partial charge < -0.3 is 5.32 Å². The number of hydrogen-bond acceptors (Lipinski definition) is 6. The number of thioether (sulfide) groups is 1. The van der Waals surface area contributed by atoms with Crippen LogP contribution in [0.3, 0.4) is 0 Å². The number of nitrogens with zero attached hydrogens (tertiary/aromatic N) is 6. The predicted octanol–water partition coefficient (Wildman–Crippen LogP) is 4.12. The van der Waals surface area contributed by atoms with Crippen molar-refractivity contribution in [3.63, 3.8) is 0 Å². The van der Waals surface area contributed by atoms with Crippen molar-refractivity contribution in [3.05, 3.63) is 108 Å². The van der Waals surface area contributed by atoms with Crippen molar-refractivity contribution in [1.29, 1.82) is 0 Å². The van der Waals surface area contributed by atoms with Crippen LogP contribution in [0, 0.1) is 5.82 Å². The summed E-state index contributed by atoms with van der Waals surface area (Å²) in [6.07, 6.45) is 3.17. The number of aromatic nitrogens is 6. The van der Waals surface area contributed by atoms with Crippen LogP contribution in [0.5, 0.6) is 0 Å². The zero-order valence-electron chi connectivity index (χ0n) is 19.2. The molecule has 10 heteroatoms. The molecule has 0 fully saturated rings. The van der Waals surface area contributed by atoms with Crippen LogP contribution in [0.4, 0.5) is 4.39 Å². The predicted molar refractivity (Wildman–Crippen MR) is 135 cm³/mol. The van der Waals surface area contributed by atoms with E-state index in [0.29, 0.717) is 24.1 Å². The van der Waals surface area contributed by atoms with Crippen LogP contribution in [-0.4, -0.2) is 41.2 Å². The van der Waals surface area contributed by atoms with Gasteiger partial charge in [-0.1, -0.05) is 54.2 Å². The van der Waals surface area contributed by atoms with Crippen LogP contribution >= 0.6 is 11.8 Å². The van der Waals surface area contributed by atoms with Gasteiger partial charge >= 0.3 is 0 Å². The highest BCUT2D eigenvalue weighted by atomic mass is 32.2. The van der Waals surface area contributed by atoms with E-state index in [1.165, 1.54) is 30.2 Å². The largest absolute Gasteiger partial charge is 0.351 e. The monoisotopic (exact) mass is 499 g/mol. The first-order valence-electron chi connectivity index (χ1n) is 11.2. The molecule has 0 unspecified atom stereocenters. The van der Waals surface area contributed by atoms with E-state index in [0.717, 1.165) is 22.4 Å². The van der Waals surface area contributed by atoms with Crippen LogP contribution in [0.25, 0.3) is 17.1 Å². The van der Waals surface area contributed by atoms with Crippen molar-refractivity contribution >= 4 is 17.7 Å². The third-order valence-corrected chi connectivity index (χ3v) is 6.30. The van der Waals surface area contributed by atoms with Gasteiger partial charge in [-0.25, -0.2) is 14.1 Å². The van der Waals surface area contributed by atoms with Gasteiger partial charge in [0.15, 0.2) is 11.0 Å². The Balaban J connectivity index is 1.25. The number of amides is 1. The van der Waals surface area contributed by atoms with Gasteiger partial charge in [0.1, 0.15) is 18.5 Å². The van der Waals surface area contributed by atoms with Crippen molar-refractivity contribution in [2.75, 3.05) is 5.75 Å². The SMILES string of the molecule is O=C(CSc1nnc(-c2ccc(F)cc2)n1-c1ccccc1)NCc1cccc(Cn2cncn2)c1. The molecule has 5 aromatic rings. The summed E-state index contributed by atoms with van der Waals surface area (Å²) >= 11 is 1.29. The molecule has 0 saturated carbocycles. The summed E-state index contributed by atoms with van der Waals surface area (Å²) in [5, 5.41) is 16.3. The number of benzene rings is 3. The second-order valence-electron chi connectivity index (χ2n) is 7.96. The fraction of sp³-hybridized carbons (Fsp3) is 0.115. The summed E-state index contributed by atoms with van der Waals surface area (Å²) in [5.74, 6) is 0.313. The number of carbonyl (C=O) groups is 1. The lowest BCUT2D eigenvalue weighted by molar-refractivity contribution is -0.118. The molecule has 5 rings (SSSR count). The molecule has 2 heterocycles. The lowest BCUT2D eigenvalue weighted by Gasteiger charge is -2.11. The number of hydrogen-bond donors (Lipinski definition) is 1. The van der Waals surface area contributed by atoms with Gasteiger partial charge in [0, 0.05) is 17.8 Å². The molecular weight excluding hydrogens is 477 g/mol. The molecule has 0 saturated heterocycles. The van der Waals surface area contributed by atoms with Gasteiger partial charge in [0.2, 0.25) is 5.91 Å². The van der Waals surface area contributed by atoms with Crippen molar-refractivity contribution < 1.29 is 9.18 Å². The van der Waals surface area contributed by atoms with E-state index in [4.69, 9.17) is 0 Å². The fourth-order valence-electron chi connectivity index (χ4n) is 3.68. The molecule has 0 aliphatic rings. The summed E-state index contributed by atoms with van der Waals surface area (Å²) in [7, 11) is 0. The van der Waals surface area contributed by atoms with Gasteiger partial charge in [0.25, 0.3) is 0 Å². The maximum absolute atomic E-state index is 13.4. The Morgan fingerprint density at radius 1 is 0.944 bits per heavy atom. The Bertz CT molecular complexity index is 1440. The molecule has 1 N–H and O–H groups in total. The molecule has 180 valence electrons. The molecular formula is C26H22FN7OS. The molecule has 8 nitrogen and oxygen atoms in total. The van der Waals surface area contributed by atoms with E-state index in [1.54, 1.807) is 23.1 Å². The smallest absolute Gasteiger partial charge is 0.230 e. The van der Waals surface area contributed by atoms with Crippen molar-refractivity contribution in [1.82, 2.24) is 34.8 Å². The minimum atomic E-state index is -0.320. The Hall–Kier alpha value is -4.31. The third-order valence-electron chi connectivity index (χ3n) is 5.37. The van der Waals surface area contributed by atoms with Crippen LogP contribution in [-0.2, 0) is 17.9 Å². The summed E-state index contributed by atoms with van der Waals surface area (Å²) in [6.45, 7) is 1.03. The van der Waals surface area contributed by atoms with Crippen LogP contribution < -0.4 is 5.32 Å². The Morgan fingerprint density at radius 2 is 1.75 bits per heavy atom. The first-order valence-corrected chi connectivity index (χ1v) is 12.2. The molecule has 2 aromatic heterocycles. The molecule has 0 spiro atoms. The average molecular weight is 500 g/mol. The highest BCUT2D eigenvalue weighted by Gasteiger charge is 2.17. The van der Waals surface area contributed by atoms with Crippen molar-refractivity contribution in [2.45, 2.75) is 18.2 Å². The lowest BCUT2D eigenvalue weighted by Crippen LogP contribution is -2.24. The molecule has 0 aliphatic carbocycles. The molecule has 0 atom stereocenters. The maximum Gasteiger partial charge on any atom is 0.230 e. The van der Waals surface area contributed by atoms with E-state index in [2.05, 4.69) is 25.6 Å². The first kappa shape index (κ1) is 23.4. The summed E-state index contributed by atoms with van der Waals surface area (Å²) in [6, 6.07) is 23.7. The topological polar surface area (TPSA) is 90.5 Å². The number of nitrogens with one attached hydrogen (secondary N) is 1. The van der Waals surface area contributed by atoms with Gasteiger partial charge in [-0.15, -0.1) is 10.2 Å². The van der Waals surface area contributed by atoms with E-state index in [9.17, 15) is 9.18 Å². The zero-order chi connectivity index (χ0) is 24.7. The average Bonchev–Trinajstić information content (AvgIpc) is 3.57. The summed E-state index contributed by atoms with van der Waals surface area (Å²) in [4.78, 5) is 16.6. The second kappa shape index (κ2) is 11.0. The zero-order valence-corrected chi connectivity index (χ0v) is 20.0. The minimum absolute atomic E-state index is 0.118. The first-order chi connectivity index (χ1) is 17.7. The lowest BCUT2D eigenvalue weighted by atomic mass is 10.1.